The molecule has 0 aromatic heterocycles. The Kier molecular flexibility index (Phi) is 6.49. The number of rotatable bonds is 7. The Labute approximate surface area is 165 Å². The fourth-order valence-electron chi connectivity index (χ4n) is 3.50. The number of carbonyl (C=O) groups is 3. The largest absolute Gasteiger partial charge is 0.464 e. The predicted octanol–water partition coefficient (Wildman–Crippen LogP) is 2.97. The standard InChI is InChI=1S/C22H28N2O4/c1-2-28-21(27)22(14-4-3-5-15-22)24-19(25)13-8-16-6-9-17(10-7-16)20(26)23-18-11-12-18/h6-10,13,18H,2-5,11-12,14-15H2,1H3,(H,23,26)(H,24,25). The van der Waals surface area contributed by atoms with Crippen LogP contribution in [0.3, 0.4) is 0 Å². The van der Waals surface area contributed by atoms with Gasteiger partial charge in [-0.1, -0.05) is 31.4 Å². The van der Waals surface area contributed by atoms with Gasteiger partial charge in [-0.15, -0.1) is 0 Å². The summed E-state index contributed by atoms with van der Waals surface area (Å²) in [4.78, 5) is 36.9. The van der Waals surface area contributed by atoms with Gasteiger partial charge in [-0.3, -0.25) is 9.59 Å². The van der Waals surface area contributed by atoms with Crippen LogP contribution >= 0.6 is 0 Å². The number of amides is 2. The molecule has 0 heterocycles. The first-order chi connectivity index (χ1) is 13.5. The number of ether oxygens (including phenoxy) is 1. The molecule has 2 amide bonds. The Hall–Kier alpha value is -2.63. The van der Waals surface area contributed by atoms with Crippen molar-refractivity contribution in [1.82, 2.24) is 10.6 Å². The van der Waals surface area contributed by atoms with E-state index in [4.69, 9.17) is 4.74 Å². The van der Waals surface area contributed by atoms with Crippen LogP contribution in [-0.2, 0) is 14.3 Å². The zero-order valence-corrected chi connectivity index (χ0v) is 16.3. The van der Waals surface area contributed by atoms with E-state index < -0.39 is 5.54 Å². The Morgan fingerprint density at radius 3 is 2.39 bits per heavy atom. The van der Waals surface area contributed by atoms with Gasteiger partial charge in [0.1, 0.15) is 5.54 Å². The molecule has 0 bridgehead atoms. The monoisotopic (exact) mass is 384 g/mol. The summed E-state index contributed by atoms with van der Waals surface area (Å²) in [6.07, 6.45) is 9.28. The summed E-state index contributed by atoms with van der Waals surface area (Å²) in [5, 5.41) is 5.83. The summed E-state index contributed by atoms with van der Waals surface area (Å²) >= 11 is 0. The van der Waals surface area contributed by atoms with Crippen molar-refractivity contribution in [2.75, 3.05) is 6.61 Å². The van der Waals surface area contributed by atoms with Crippen molar-refractivity contribution < 1.29 is 19.1 Å². The Morgan fingerprint density at radius 2 is 1.79 bits per heavy atom. The molecule has 3 rings (SSSR count). The lowest BCUT2D eigenvalue weighted by atomic mass is 9.81. The minimum atomic E-state index is -0.916. The van der Waals surface area contributed by atoms with Gasteiger partial charge in [0.05, 0.1) is 6.61 Å². The van der Waals surface area contributed by atoms with Crippen molar-refractivity contribution in [3.8, 4) is 0 Å². The first-order valence-electron chi connectivity index (χ1n) is 10.1. The van der Waals surface area contributed by atoms with Crippen LogP contribution in [0.4, 0.5) is 0 Å². The summed E-state index contributed by atoms with van der Waals surface area (Å²) in [6, 6.07) is 7.41. The fourth-order valence-corrected chi connectivity index (χ4v) is 3.50. The maximum atomic E-state index is 12.4. The fraction of sp³-hybridized carbons (Fsp3) is 0.500. The van der Waals surface area contributed by atoms with Gasteiger partial charge in [0.2, 0.25) is 5.91 Å². The second-order valence-electron chi connectivity index (χ2n) is 7.56. The molecule has 2 N–H and O–H groups in total. The number of esters is 1. The maximum absolute atomic E-state index is 12.4. The normalized spacial score (nSPS) is 18.5. The summed E-state index contributed by atoms with van der Waals surface area (Å²) < 4.78 is 5.20. The van der Waals surface area contributed by atoms with Crippen LogP contribution in [0.15, 0.2) is 30.3 Å². The molecule has 2 saturated carbocycles. The molecule has 28 heavy (non-hydrogen) atoms. The van der Waals surface area contributed by atoms with Gasteiger partial charge in [0.25, 0.3) is 5.91 Å². The molecular formula is C22H28N2O4. The van der Waals surface area contributed by atoms with Gasteiger partial charge in [-0.25, -0.2) is 4.79 Å². The molecule has 0 radical (unpaired) electrons. The minimum absolute atomic E-state index is 0.0653. The second kappa shape index (κ2) is 9.04. The van der Waals surface area contributed by atoms with Crippen molar-refractivity contribution in [2.45, 2.75) is 63.5 Å². The number of nitrogens with one attached hydrogen (secondary N) is 2. The summed E-state index contributed by atoms with van der Waals surface area (Å²) in [5.74, 6) is -0.725. The van der Waals surface area contributed by atoms with E-state index in [-0.39, 0.29) is 17.8 Å². The highest BCUT2D eigenvalue weighted by Gasteiger charge is 2.41. The highest BCUT2D eigenvalue weighted by atomic mass is 16.5. The van der Waals surface area contributed by atoms with Crippen molar-refractivity contribution in [2.24, 2.45) is 0 Å². The van der Waals surface area contributed by atoms with Crippen LogP contribution < -0.4 is 10.6 Å². The van der Waals surface area contributed by atoms with E-state index in [1.54, 1.807) is 37.3 Å². The van der Waals surface area contributed by atoms with Crippen molar-refractivity contribution in [3.63, 3.8) is 0 Å². The Balaban J connectivity index is 1.60. The number of hydrogen-bond acceptors (Lipinski definition) is 4. The van der Waals surface area contributed by atoms with E-state index in [0.717, 1.165) is 37.7 Å². The van der Waals surface area contributed by atoms with Crippen LogP contribution in [0.2, 0.25) is 0 Å². The number of carbonyl (C=O) groups excluding carboxylic acids is 3. The molecule has 150 valence electrons. The van der Waals surface area contributed by atoms with Gasteiger partial charge in [-0.05, 0) is 56.4 Å². The SMILES string of the molecule is CCOC(=O)C1(NC(=O)C=Cc2ccc(C(=O)NC3CC3)cc2)CCCCC1. The van der Waals surface area contributed by atoms with E-state index in [2.05, 4.69) is 10.6 Å². The van der Waals surface area contributed by atoms with Crippen molar-refractivity contribution in [1.29, 1.82) is 0 Å². The lowest BCUT2D eigenvalue weighted by Gasteiger charge is -2.35. The van der Waals surface area contributed by atoms with Crippen molar-refractivity contribution in [3.05, 3.63) is 41.5 Å². The Morgan fingerprint density at radius 1 is 1.11 bits per heavy atom. The number of hydrogen-bond donors (Lipinski definition) is 2. The quantitative estimate of drug-likeness (QED) is 0.559. The molecule has 0 spiro atoms. The molecule has 6 heteroatoms. The minimum Gasteiger partial charge on any atom is -0.464 e. The van der Waals surface area contributed by atoms with Crippen molar-refractivity contribution >= 4 is 23.9 Å². The lowest BCUT2D eigenvalue weighted by Crippen LogP contribution is -2.56. The topological polar surface area (TPSA) is 84.5 Å². The molecule has 0 aliphatic heterocycles. The zero-order chi connectivity index (χ0) is 20.0. The molecule has 0 atom stereocenters. The molecular weight excluding hydrogens is 356 g/mol. The van der Waals surface area contributed by atoms with E-state index in [9.17, 15) is 14.4 Å². The van der Waals surface area contributed by atoms with Gasteiger partial charge in [0, 0.05) is 17.7 Å². The van der Waals surface area contributed by atoms with Gasteiger partial charge in [0.15, 0.2) is 0 Å². The summed E-state index contributed by atoms with van der Waals surface area (Å²) in [5.41, 5.74) is 0.504. The predicted molar refractivity (Wildman–Crippen MR) is 107 cm³/mol. The third-order valence-electron chi connectivity index (χ3n) is 5.25. The third-order valence-corrected chi connectivity index (χ3v) is 5.25. The zero-order valence-electron chi connectivity index (χ0n) is 16.3. The average molecular weight is 384 g/mol. The molecule has 0 unspecified atom stereocenters. The first-order valence-corrected chi connectivity index (χ1v) is 10.1. The molecule has 1 aromatic rings. The number of benzene rings is 1. The molecule has 6 nitrogen and oxygen atoms in total. The maximum Gasteiger partial charge on any atom is 0.331 e. The molecule has 2 aliphatic rings. The van der Waals surface area contributed by atoms with Crippen LogP contribution in [0.5, 0.6) is 0 Å². The van der Waals surface area contributed by atoms with E-state index >= 15 is 0 Å². The second-order valence-corrected chi connectivity index (χ2v) is 7.56. The van der Waals surface area contributed by atoms with Crippen LogP contribution in [0.1, 0.15) is 67.8 Å². The van der Waals surface area contributed by atoms with Gasteiger partial charge < -0.3 is 15.4 Å². The molecule has 2 aliphatic carbocycles. The van der Waals surface area contributed by atoms with Gasteiger partial charge >= 0.3 is 5.97 Å². The highest BCUT2D eigenvalue weighted by molar-refractivity contribution is 5.97. The molecule has 2 fully saturated rings. The summed E-state index contributed by atoms with van der Waals surface area (Å²) in [7, 11) is 0. The third kappa shape index (κ3) is 5.21. The smallest absolute Gasteiger partial charge is 0.331 e. The summed E-state index contributed by atoms with van der Waals surface area (Å²) in [6.45, 7) is 2.07. The first kappa shape index (κ1) is 20.1. The molecule has 1 aromatic carbocycles. The van der Waals surface area contributed by atoms with Gasteiger partial charge in [-0.2, -0.15) is 0 Å². The van der Waals surface area contributed by atoms with Crippen LogP contribution in [0.25, 0.3) is 6.08 Å². The molecule has 0 saturated heterocycles. The highest BCUT2D eigenvalue weighted by Crippen LogP contribution is 2.29. The average Bonchev–Trinajstić information content (AvgIpc) is 3.51. The van der Waals surface area contributed by atoms with Crippen LogP contribution in [0, 0.1) is 0 Å². The van der Waals surface area contributed by atoms with E-state index in [1.807, 2.05) is 0 Å². The Bertz CT molecular complexity index is 744. The van der Waals surface area contributed by atoms with E-state index in [1.165, 1.54) is 6.08 Å². The van der Waals surface area contributed by atoms with E-state index in [0.29, 0.717) is 31.1 Å². The lowest BCUT2D eigenvalue weighted by molar-refractivity contribution is -0.154. The van der Waals surface area contributed by atoms with Crippen LogP contribution in [-0.4, -0.2) is 36.0 Å².